The van der Waals surface area contributed by atoms with Crippen molar-refractivity contribution in [3.63, 3.8) is 0 Å². The van der Waals surface area contributed by atoms with Gasteiger partial charge in [0.2, 0.25) is 6.10 Å². The first-order chi connectivity index (χ1) is 13.9. The van der Waals surface area contributed by atoms with Gasteiger partial charge >= 0.3 is 0 Å². The van der Waals surface area contributed by atoms with Gasteiger partial charge in [-0.1, -0.05) is 12.1 Å². The number of para-hydroxylation sites is 2. The van der Waals surface area contributed by atoms with E-state index >= 15 is 0 Å². The van der Waals surface area contributed by atoms with Crippen LogP contribution in [0.3, 0.4) is 0 Å². The Bertz CT molecular complexity index is 909. The number of nitrogens with one attached hydrogen (secondary N) is 1. The number of fused-ring (bicyclic) bond motifs is 1. The Balaban J connectivity index is 1.54. The zero-order chi connectivity index (χ0) is 20.8. The number of nitrogens with zero attached hydrogens (tertiary/aromatic N) is 2. The maximum absolute atomic E-state index is 12.3. The van der Waals surface area contributed by atoms with Gasteiger partial charge in [-0.15, -0.1) is 0 Å². The molecule has 1 heterocycles. The van der Waals surface area contributed by atoms with Crippen LogP contribution in [-0.2, 0) is 9.59 Å². The van der Waals surface area contributed by atoms with Crippen molar-refractivity contribution < 1.29 is 23.8 Å². The van der Waals surface area contributed by atoms with E-state index in [9.17, 15) is 9.59 Å². The van der Waals surface area contributed by atoms with Gasteiger partial charge in [0, 0.05) is 14.1 Å². The molecule has 1 aliphatic rings. The van der Waals surface area contributed by atoms with Crippen LogP contribution in [0.4, 0.5) is 0 Å². The normalized spacial score (nSPS) is 15.4. The van der Waals surface area contributed by atoms with E-state index in [4.69, 9.17) is 14.2 Å². The molecule has 0 aliphatic carbocycles. The fraction of sp³-hybridized carbons (Fsp3) is 0.286. The topological polar surface area (TPSA) is 89.5 Å². The molecule has 0 aromatic heterocycles. The lowest BCUT2D eigenvalue weighted by Crippen LogP contribution is -2.42. The van der Waals surface area contributed by atoms with Crippen LogP contribution >= 0.6 is 0 Å². The van der Waals surface area contributed by atoms with E-state index in [1.54, 1.807) is 57.4 Å². The molecule has 0 unspecified atom stereocenters. The van der Waals surface area contributed by atoms with Crippen LogP contribution in [0.2, 0.25) is 0 Å². The van der Waals surface area contributed by atoms with Crippen LogP contribution in [0.15, 0.2) is 53.6 Å². The zero-order valence-electron chi connectivity index (χ0n) is 16.5. The van der Waals surface area contributed by atoms with Crippen molar-refractivity contribution in [1.29, 1.82) is 0 Å². The summed E-state index contributed by atoms with van der Waals surface area (Å²) in [6.07, 6.45) is -0.772. The van der Waals surface area contributed by atoms with Crippen molar-refractivity contribution >= 4 is 17.5 Å². The molecule has 8 heteroatoms. The lowest BCUT2D eigenvalue weighted by atomic mass is 10.1. The van der Waals surface area contributed by atoms with Crippen LogP contribution < -0.4 is 19.6 Å². The standard InChI is InChI=1S/C21H23N3O5/c1-14(15-8-10-16(11-9-15)27-13-20(25)24(2)3)22-23-21(26)19-12-28-17-6-4-5-7-18(17)29-19/h4-11,19H,12-13H2,1-3H3,(H,23,26)/b22-14-/t19-/m0/s1. The number of ether oxygens (including phenoxy) is 3. The van der Waals surface area contributed by atoms with E-state index < -0.39 is 6.10 Å². The molecule has 3 rings (SSSR count). The number of rotatable bonds is 6. The van der Waals surface area contributed by atoms with Gasteiger partial charge in [-0.25, -0.2) is 5.43 Å². The number of hydrazone groups is 1. The highest BCUT2D eigenvalue weighted by molar-refractivity contribution is 5.99. The predicted octanol–water partition coefficient (Wildman–Crippen LogP) is 1.83. The molecular weight excluding hydrogens is 374 g/mol. The molecule has 1 atom stereocenters. The molecule has 2 amide bonds. The fourth-order valence-corrected chi connectivity index (χ4v) is 2.49. The summed E-state index contributed by atoms with van der Waals surface area (Å²) in [4.78, 5) is 25.3. The van der Waals surface area contributed by atoms with Gasteiger partial charge in [-0.2, -0.15) is 5.10 Å². The molecule has 0 spiro atoms. The lowest BCUT2D eigenvalue weighted by molar-refractivity contribution is -0.131. The maximum Gasteiger partial charge on any atom is 0.284 e. The van der Waals surface area contributed by atoms with Gasteiger partial charge < -0.3 is 19.1 Å². The SMILES string of the molecule is C/C(=N/NC(=O)[C@@H]1COc2ccccc2O1)c1ccc(OCC(=O)N(C)C)cc1. The fourth-order valence-electron chi connectivity index (χ4n) is 2.49. The second-order valence-electron chi connectivity index (χ2n) is 6.64. The first-order valence-electron chi connectivity index (χ1n) is 9.10. The average Bonchev–Trinajstić information content (AvgIpc) is 2.75. The number of amides is 2. The molecule has 1 N–H and O–H groups in total. The van der Waals surface area contributed by atoms with E-state index in [1.165, 1.54) is 4.90 Å². The second-order valence-corrected chi connectivity index (χ2v) is 6.64. The first kappa shape index (κ1) is 20.2. The molecule has 0 bridgehead atoms. The number of likely N-dealkylation sites (N-methyl/N-ethyl adjacent to an activating group) is 1. The van der Waals surface area contributed by atoms with Gasteiger partial charge in [-0.05, 0) is 48.9 Å². The highest BCUT2D eigenvalue weighted by Gasteiger charge is 2.27. The number of carbonyl (C=O) groups excluding carboxylic acids is 2. The van der Waals surface area contributed by atoms with Crippen LogP contribution in [0.5, 0.6) is 17.2 Å². The maximum atomic E-state index is 12.3. The van der Waals surface area contributed by atoms with Crippen molar-refractivity contribution in [2.75, 3.05) is 27.3 Å². The van der Waals surface area contributed by atoms with Crippen LogP contribution in [-0.4, -0.2) is 55.8 Å². The zero-order valence-corrected chi connectivity index (χ0v) is 16.5. The summed E-state index contributed by atoms with van der Waals surface area (Å²) < 4.78 is 16.6. The van der Waals surface area contributed by atoms with Crippen molar-refractivity contribution in [2.24, 2.45) is 5.10 Å². The third-order valence-corrected chi connectivity index (χ3v) is 4.27. The average molecular weight is 397 g/mol. The summed E-state index contributed by atoms with van der Waals surface area (Å²) in [5, 5.41) is 4.13. The van der Waals surface area contributed by atoms with Crippen LogP contribution in [0.25, 0.3) is 0 Å². The number of hydrogen-bond donors (Lipinski definition) is 1. The highest BCUT2D eigenvalue weighted by Crippen LogP contribution is 2.30. The van der Waals surface area contributed by atoms with E-state index in [2.05, 4.69) is 10.5 Å². The van der Waals surface area contributed by atoms with Crippen molar-refractivity contribution in [3.8, 4) is 17.2 Å². The van der Waals surface area contributed by atoms with Gasteiger partial charge in [-0.3, -0.25) is 9.59 Å². The summed E-state index contributed by atoms with van der Waals surface area (Å²) in [5.74, 6) is 1.22. The minimum absolute atomic E-state index is 0.0257. The summed E-state index contributed by atoms with van der Waals surface area (Å²) in [6.45, 7) is 1.87. The Labute approximate surface area is 169 Å². The summed E-state index contributed by atoms with van der Waals surface area (Å²) in [5.41, 5.74) is 3.94. The minimum atomic E-state index is -0.772. The second kappa shape index (κ2) is 9.09. The largest absolute Gasteiger partial charge is 0.485 e. The number of benzene rings is 2. The molecule has 0 radical (unpaired) electrons. The summed E-state index contributed by atoms with van der Waals surface area (Å²) in [7, 11) is 3.35. The third kappa shape index (κ3) is 5.25. The van der Waals surface area contributed by atoms with Crippen LogP contribution in [0.1, 0.15) is 12.5 Å². The predicted molar refractivity (Wildman–Crippen MR) is 107 cm³/mol. The lowest BCUT2D eigenvalue weighted by Gasteiger charge is -2.24. The Morgan fingerprint density at radius 2 is 1.83 bits per heavy atom. The van der Waals surface area contributed by atoms with Gasteiger partial charge in [0.05, 0.1) is 5.71 Å². The van der Waals surface area contributed by atoms with Crippen LogP contribution in [0, 0.1) is 0 Å². The number of carbonyl (C=O) groups is 2. The van der Waals surface area contributed by atoms with Crippen molar-refractivity contribution in [3.05, 3.63) is 54.1 Å². The van der Waals surface area contributed by atoms with Gasteiger partial charge in [0.15, 0.2) is 18.1 Å². The molecule has 152 valence electrons. The van der Waals surface area contributed by atoms with E-state index in [0.717, 1.165) is 5.56 Å². The quantitative estimate of drug-likeness (QED) is 0.593. The van der Waals surface area contributed by atoms with E-state index in [0.29, 0.717) is 23.0 Å². The number of hydrogen-bond acceptors (Lipinski definition) is 6. The molecule has 29 heavy (non-hydrogen) atoms. The Hall–Kier alpha value is -3.55. The van der Waals surface area contributed by atoms with Gasteiger partial charge in [0.25, 0.3) is 11.8 Å². The van der Waals surface area contributed by atoms with Crippen molar-refractivity contribution in [2.45, 2.75) is 13.0 Å². The smallest absolute Gasteiger partial charge is 0.284 e. The molecule has 2 aromatic carbocycles. The molecule has 0 saturated carbocycles. The highest BCUT2D eigenvalue weighted by atomic mass is 16.6. The molecular formula is C21H23N3O5. The molecule has 2 aromatic rings. The molecule has 0 saturated heterocycles. The third-order valence-electron chi connectivity index (χ3n) is 4.27. The Morgan fingerprint density at radius 3 is 2.52 bits per heavy atom. The first-order valence-corrected chi connectivity index (χ1v) is 9.10. The van der Waals surface area contributed by atoms with E-state index in [-0.39, 0.29) is 25.0 Å². The molecule has 8 nitrogen and oxygen atoms in total. The van der Waals surface area contributed by atoms with Gasteiger partial charge in [0.1, 0.15) is 12.4 Å². The molecule has 0 fully saturated rings. The molecule has 1 aliphatic heterocycles. The van der Waals surface area contributed by atoms with E-state index in [1.807, 2.05) is 12.1 Å². The Morgan fingerprint density at radius 1 is 1.14 bits per heavy atom. The minimum Gasteiger partial charge on any atom is -0.485 e. The summed E-state index contributed by atoms with van der Waals surface area (Å²) in [6, 6.07) is 14.3. The summed E-state index contributed by atoms with van der Waals surface area (Å²) >= 11 is 0. The monoisotopic (exact) mass is 397 g/mol. The Kier molecular flexibility index (Phi) is 6.33. The van der Waals surface area contributed by atoms with Crippen molar-refractivity contribution in [1.82, 2.24) is 10.3 Å².